The molecule has 3 aromatic carbocycles. The van der Waals surface area contributed by atoms with Crippen molar-refractivity contribution in [3.8, 4) is 0 Å². The van der Waals surface area contributed by atoms with Crippen molar-refractivity contribution < 1.29 is 35.6 Å². The zero-order valence-electron chi connectivity index (χ0n) is 23.7. The topological polar surface area (TPSA) is 86.8 Å². The van der Waals surface area contributed by atoms with Crippen LogP contribution in [0.5, 0.6) is 0 Å². The van der Waals surface area contributed by atoms with Crippen LogP contribution in [0.15, 0.2) is 77.7 Å². The lowest BCUT2D eigenvalue weighted by Crippen LogP contribution is -2.52. The zero-order valence-corrected chi connectivity index (χ0v) is 24.5. The predicted octanol–water partition coefficient (Wildman–Crippen LogP) is 5.68. The average molecular weight is 608 g/mol. The number of rotatable bonds is 11. The number of carbonyl (C=O) groups excluding carboxylic acids is 2. The largest absolute Gasteiger partial charge is 0.416 e. The molecule has 7 nitrogen and oxygen atoms in total. The van der Waals surface area contributed by atoms with E-state index in [1.807, 2.05) is 6.92 Å². The first-order chi connectivity index (χ1) is 19.6. The molecule has 0 aliphatic carbocycles. The lowest BCUT2D eigenvalue weighted by molar-refractivity contribution is -0.139. The maximum atomic E-state index is 13.9. The van der Waals surface area contributed by atoms with E-state index in [9.17, 15) is 35.6 Å². The number of sulfonamides is 1. The Morgan fingerprint density at radius 1 is 0.952 bits per heavy atom. The van der Waals surface area contributed by atoms with E-state index in [0.717, 1.165) is 28.7 Å². The number of aryl methyl sites for hydroxylation is 1. The molecule has 2 amide bonds. The van der Waals surface area contributed by atoms with Gasteiger partial charge in [0.15, 0.2) is 0 Å². The van der Waals surface area contributed by atoms with Crippen molar-refractivity contribution in [2.45, 2.75) is 63.8 Å². The molecular formula is C30H33F4N3O4S. The van der Waals surface area contributed by atoms with Crippen molar-refractivity contribution in [2.75, 3.05) is 10.8 Å². The lowest BCUT2D eigenvalue weighted by atomic mass is 10.1. The van der Waals surface area contributed by atoms with Gasteiger partial charge in [0.25, 0.3) is 10.0 Å². The first-order valence-corrected chi connectivity index (χ1v) is 14.7. The van der Waals surface area contributed by atoms with Crippen molar-refractivity contribution in [2.24, 2.45) is 0 Å². The van der Waals surface area contributed by atoms with Crippen LogP contribution in [-0.4, -0.2) is 43.8 Å². The van der Waals surface area contributed by atoms with Crippen molar-refractivity contribution in [3.63, 3.8) is 0 Å². The van der Waals surface area contributed by atoms with Gasteiger partial charge in [0.1, 0.15) is 18.4 Å². The van der Waals surface area contributed by atoms with Crippen molar-refractivity contribution in [3.05, 3.63) is 95.3 Å². The monoisotopic (exact) mass is 607 g/mol. The Bertz CT molecular complexity index is 1490. The molecule has 0 fully saturated rings. The van der Waals surface area contributed by atoms with Crippen LogP contribution in [0.25, 0.3) is 0 Å². The van der Waals surface area contributed by atoms with E-state index in [0.29, 0.717) is 22.4 Å². The molecule has 0 aliphatic rings. The van der Waals surface area contributed by atoms with E-state index in [4.69, 9.17) is 0 Å². The normalized spacial score (nSPS) is 13.2. The summed E-state index contributed by atoms with van der Waals surface area (Å²) in [5.41, 5.74) is -0.263. The van der Waals surface area contributed by atoms with Gasteiger partial charge >= 0.3 is 6.18 Å². The Balaban J connectivity index is 2.08. The number of nitrogens with zero attached hydrogens (tertiary/aromatic N) is 2. The number of anilines is 1. The maximum absolute atomic E-state index is 13.9. The van der Waals surface area contributed by atoms with E-state index in [1.165, 1.54) is 55.5 Å². The average Bonchev–Trinajstić information content (AvgIpc) is 2.94. The molecule has 1 N–H and O–H groups in total. The van der Waals surface area contributed by atoms with Gasteiger partial charge in [0.05, 0.1) is 16.1 Å². The fourth-order valence-corrected chi connectivity index (χ4v) is 5.44. The first-order valence-electron chi connectivity index (χ1n) is 13.2. The number of carbonyl (C=O) groups is 2. The van der Waals surface area contributed by atoms with Gasteiger partial charge in [-0.25, -0.2) is 12.8 Å². The molecule has 0 saturated carbocycles. The minimum atomic E-state index is -4.77. The third kappa shape index (κ3) is 8.09. The van der Waals surface area contributed by atoms with Gasteiger partial charge in [0.2, 0.25) is 11.8 Å². The highest BCUT2D eigenvalue weighted by Crippen LogP contribution is 2.33. The molecule has 3 rings (SSSR count). The van der Waals surface area contributed by atoms with E-state index in [1.54, 1.807) is 13.8 Å². The van der Waals surface area contributed by atoms with Crippen LogP contribution < -0.4 is 9.62 Å². The third-order valence-corrected chi connectivity index (χ3v) is 8.57. The molecule has 0 heterocycles. The molecule has 0 aliphatic heterocycles. The van der Waals surface area contributed by atoms with Gasteiger partial charge in [-0.3, -0.25) is 13.9 Å². The Morgan fingerprint density at radius 2 is 1.57 bits per heavy atom. The van der Waals surface area contributed by atoms with Crippen molar-refractivity contribution in [1.82, 2.24) is 10.2 Å². The van der Waals surface area contributed by atoms with Gasteiger partial charge in [-0.1, -0.05) is 42.8 Å². The summed E-state index contributed by atoms with van der Waals surface area (Å²) >= 11 is 0. The second kappa shape index (κ2) is 13.4. The van der Waals surface area contributed by atoms with Crippen LogP contribution >= 0.6 is 0 Å². The summed E-state index contributed by atoms with van der Waals surface area (Å²) < 4.78 is 82.5. The van der Waals surface area contributed by atoms with Crippen molar-refractivity contribution in [1.29, 1.82) is 0 Å². The molecule has 226 valence electrons. The highest BCUT2D eigenvalue weighted by atomic mass is 32.2. The SMILES string of the molecule is CC[C@@H](C)NC(=O)[C@H](C)N(Cc1ccc(F)cc1)C(=O)CN(c1cccc(C(F)(F)F)c1)S(=O)(=O)c1ccc(C)cc1. The number of nitrogens with one attached hydrogen (secondary N) is 1. The van der Waals surface area contributed by atoms with Crippen LogP contribution in [-0.2, 0) is 32.3 Å². The standard InChI is InChI=1S/C30H33F4N3O4S/c1-5-21(3)35-29(39)22(4)36(18-23-11-13-25(31)14-12-23)28(38)19-37(26-8-6-7-24(17-26)30(32,33)34)42(40,41)27-15-9-20(2)10-16-27/h6-17,21-22H,5,18-19H2,1-4H3,(H,35,39)/t21-,22+/m1/s1. The molecule has 0 unspecified atom stereocenters. The molecule has 0 spiro atoms. The number of hydrogen-bond donors (Lipinski definition) is 1. The lowest BCUT2D eigenvalue weighted by Gasteiger charge is -2.32. The highest BCUT2D eigenvalue weighted by molar-refractivity contribution is 7.92. The van der Waals surface area contributed by atoms with Gasteiger partial charge in [-0.15, -0.1) is 0 Å². The molecular weight excluding hydrogens is 574 g/mol. The summed E-state index contributed by atoms with van der Waals surface area (Å²) in [4.78, 5) is 27.8. The van der Waals surface area contributed by atoms with Crippen LogP contribution in [0.1, 0.15) is 43.9 Å². The zero-order chi connectivity index (χ0) is 31.2. The van der Waals surface area contributed by atoms with Gasteiger partial charge in [-0.05, 0) is 75.2 Å². The smallest absolute Gasteiger partial charge is 0.352 e. The molecule has 0 radical (unpaired) electrons. The quantitative estimate of drug-likeness (QED) is 0.284. The summed E-state index contributed by atoms with van der Waals surface area (Å²) in [6.07, 6.45) is -4.15. The van der Waals surface area contributed by atoms with E-state index >= 15 is 0 Å². The third-order valence-electron chi connectivity index (χ3n) is 6.78. The Morgan fingerprint density at radius 3 is 2.14 bits per heavy atom. The minimum Gasteiger partial charge on any atom is -0.352 e. The summed E-state index contributed by atoms with van der Waals surface area (Å²) in [5.74, 6) is -1.87. The molecule has 0 bridgehead atoms. The number of alkyl halides is 3. The Hall–Kier alpha value is -3.93. The number of benzene rings is 3. The van der Waals surface area contributed by atoms with Crippen LogP contribution in [0.3, 0.4) is 0 Å². The number of amides is 2. The fourth-order valence-electron chi connectivity index (χ4n) is 4.04. The fraction of sp³-hybridized carbons (Fsp3) is 0.333. The summed E-state index contributed by atoms with van der Waals surface area (Å²) in [7, 11) is -4.54. The van der Waals surface area contributed by atoms with E-state index < -0.39 is 52.0 Å². The summed E-state index contributed by atoms with van der Waals surface area (Å²) in [6.45, 7) is 5.75. The van der Waals surface area contributed by atoms with Crippen molar-refractivity contribution >= 4 is 27.5 Å². The summed E-state index contributed by atoms with van der Waals surface area (Å²) in [6, 6.07) is 13.2. The highest BCUT2D eigenvalue weighted by Gasteiger charge is 2.35. The minimum absolute atomic E-state index is 0.185. The van der Waals surface area contributed by atoms with Gasteiger partial charge < -0.3 is 10.2 Å². The molecule has 3 aromatic rings. The predicted molar refractivity (Wildman–Crippen MR) is 151 cm³/mol. The number of hydrogen-bond acceptors (Lipinski definition) is 4. The maximum Gasteiger partial charge on any atom is 0.416 e. The Kier molecular flexibility index (Phi) is 10.4. The van der Waals surface area contributed by atoms with E-state index in [-0.39, 0.29) is 23.2 Å². The van der Waals surface area contributed by atoms with Gasteiger partial charge in [-0.2, -0.15) is 13.2 Å². The molecule has 12 heteroatoms. The van der Waals surface area contributed by atoms with Crippen LogP contribution in [0.4, 0.5) is 23.2 Å². The number of halogens is 4. The second-order valence-electron chi connectivity index (χ2n) is 10.0. The Labute approximate surface area is 243 Å². The first kappa shape index (κ1) is 32.6. The molecule has 0 saturated heterocycles. The summed E-state index contributed by atoms with van der Waals surface area (Å²) in [5, 5.41) is 2.78. The van der Waals surface area contributed by atoms with Crippen LogP contribution in [0.2, 0.25) is 0 Å². The van der Waals surface area contributed by atoms with Crippen LogP contribution in [0, 0.1) is 12.7 Å². The second-order valence-corrected chi connectivity index (χ2v) is 11.9. The molecule has 0 aromatic heterocycles. The molecule has 2 atom stereocenters. The van der Waals surface area contributed by atoms with Gasteiger partial charge in [0, 0.05) is 12.6 Å². The molecule has 42 heavy (non-hydrogen) atoms. The van der Waals surface area contributed by atoms with E-state index in [2.05, 4.69) is 5.32 Å².